The Labute approximate surface area is 137 Å². The third-order valence-electron chi connectivity index (χ3n) is 4.68. The summed E-state index contributed by atoms with van der Waals surface area (Å²) in [6, 6.07) is 10.4. The Bertz CT molecular complexity index is 728. The number of nitrogens with zero attached hydrogens (tertiary/aromatic N) is 2. The lowest BCUT2D eigenvalue weighted by Crippen LogP contribution is -2.42. The second-order valence-corrected chi connectivity index (χ2v) is 6.94. The molecule has 1 aliphatic rings. The van der Waals surface area contributed by atoms with Crippen LogP contribution < -0.4 is 5.32 Å². The summed E-state index contributed by atoms with van der Waals surface area (Å²) in [5.41, 5.74) is 4.18. The molecule has 0 spiro atoms. The van der Waals surface area contributed by atoms with Crippen LogP contribution in [-0.4, -0.2) is 21.7 Å². The molecule has 23 heavy (non-hydrogen) atoms. The Morgan fingerprint density at radius 3 is 2.61 bits per heavy atom. The van der Waals surface area contributed by atoms with Crippen molar-refractivity contribution < 1.29 is 4.79 Å². The Morgan fingerprint density at radius 2 is 2.04 bits per heavy atom. The van der Waals surface area contributed by atoms with Crippen molar-refractivity contribution in [2.75, 3.05) is 0 Å². The summed E-state index contributed by atoms with van der Waals surface area (Å²) in [5, 5.41) is 7.66. The minimum atomic E-state index is -0.310. The van der Waals surface area contributed by atoms with Gasteiger partial charge in [0.15, 0.2) is 0 Å². The highest BCUT2D eigenvalue weighted by atomic mass is 16.2. The molecule has 4 heteroatoms. The van der Waals surface area contributed by atoms with Gasteiger partial charge in [-0.3, -0.25) is 9.48 Å². The van der Waals surface area contributed by atoms with Gasteiger partial charge in [-0.05, 0) is 52.2 Å². The quantitative estimate of drug-likeness (QED) is 0.922. The molecule has 0 aliphatic heterocycles. The highest BCUT2D eigenvalue weighted by molar-refractivity contribution is 5.91. The molecule has 3 rings (SSSR count). The van der Waals surface area contributed by atoms with Crippen LogP contribution in [0.3, 0.4) is 0 Å². The molecule has 2 aromatic rings. The average Bonchev–Trinajstić information content (AvgIpc) is 3.22. The molecular formula is C19H25N3O. The zero-order chi connectivity index (χ0) is 16.6. The van der Waals surface area contributed by atoms with E-state index in [0.29, 0.717) is 6.54 Å². The van der Waals surface area contributed by atoms with E-state index in [9.17, 15) is 4.79 Å². The van der Waals surface area contributed by atoms with Crippen molar-refractivity contribution in [1.29, 1.82) is 0 Å². The van der Waals surface area contributed by atoms with E-state index in [0.717, 1.165) is 29.8 Å². The number of hydrogen-bond donors (Lipinski definition) is 1. The Hall–Kier alpha value is -2.10. The van der Waals surface area contributed by atoms with Crippen molar-refractivity contribution in [2.24, 2.45) is 0 Å². The lowest BCUT2D eigenvalue weighted by atomic mass is 9.93. The summed E-state index contributed by atoms with van der Waals surface area (Å²) in [6.45, 7) is 8.85. The van der Waals surface area contributed by atoms with Crippen molar-refractivity contribution in [3.63, 3.8) is 0 Å². The SMILES string of the molecule is Cc1cccc(C2(C(=O)NC(C)Cn3nc(C)cc3C)CC2)c1. The Kier molecular flexibility index (Phi) is 4.00. The van der Waals surface area contributed by atoms with E-state index in [1.165, 1.54) is 5.56 Å². The first-order valence-electron chi connectivity index (χ1n) is 8.30. The summed E-state index contributed by atoms with van der Waals surface area (Å²) < 4.78 is 1.96. The molecule has 0 radical (unpaired) electrons. The number of carbonyl (C=O) groups is 1. The van der Waals surface area contributed by atoms with Crippen LogP contribution in [0, 0.1) is 20.8 Å². The molecule has 1 aromatic carbocycles. The number of aryl methyl sites for hydroxylation is 3. The minimum Gasteiger partial charge on any atom is -0.351 e. The maximum Gasteiger partial charge on any atom is 0.230 e. The fraction of sp³-hybridized carbons (Fsp3) is 0.474. The molecule has 1 aromatic heterocycles. The van der Waals surface area contributed by atoms with Gasteiger partial charge >= 0.3 is 0 Å². The van der Waals surface area contributed by atoms with Crippen LogP contribution in [0.2, 0.25) is 0 Å². The maximum absolute atomic E-state index is 12.8. The van der Waals surface area contributed by atoms with E-state index in [-0.39, 0.29) is 17.4 Å². The molecule has 0 saturated heterocycles. The molecule has 1 heterocycles. The molecule has 0 bridgehead atoms. The van der Waals surface area contributed by atoms with Crippen LogP contribution in [0.1, 0.15) is 42.3 Å². The fourth-order valence-corrected chi connectivity index (χ4v) is 3.24. The number of benzene rings is 1. The van der Waals surface area contributed by atoms with Crippen LogP contribution >= 0.6 is 0 Å². The molecule has 122 valence electrons. The largest absolute Gasteiger partial charge is 0.351 e. The topological polar surface area (TPSA) is 46.9 Å². The number of nitrogens with one attached hydrogen (secondary N) is 1. The van der Waals surface area contributed by atoms with Gasteiger partial charge in [0.2, 0.25) is 5.91 Å². The van der Waals surface area contributed by atoms with Crippen molar-refractivity contribution in [3.05, 3.63) is 52.8 Å². The summed E-state index contributed by atoms with van der Waals surface area (Å²) >= 11 is 0. The van der Waals surface area contributed by atoms with E-state index < -0.39 is 0 Å². The number of carbonyl (C=O) groups excluding carboxylic acids is 1. The summed E-state index contributed by atoms with van der Waals surface area (Å²) in [5.74, 6) is 0.150. The Morgan fingerprint density at radius 1 is 1.30 bits per heavy atom. The zero-order valence-corrected chi connectivity index (χ0v) is 14.4. The predicted octanol–water partition coefficient (Wildman–Crippen LogP) is 3.04. The second-order valence-electron chi connectivity index (χ2n) is 6.94. The standard InChI is InChI=1S/C19H25N3O/c1-13-6-5-7-17(10-13)19(8-9-19)18(23)20-15(3)12-22-16(4)11-14(2)21-22/h5-7,10-11,15H,8-9,12H2,1-4H3,(H,20,23). The molecule has 4 nitrogen and oxygen atoms in total. The van der Waals surface area contributed by atoms with Gasteiger partial charge in [-0.2, -0.15) is 5.10 Å². The van der Waals surface area contributed by atoms with Crippen molar-refractivity contribution in [2.45, 2.75) is 58.5 Å². The van der Waals surface area contributed by atoms with E-state index in [1.54, 1.807) is 0 Å². The van der Waals surface area contributed by atoms with Gasteiger partial charge in [-0.25, -0.2) is 0 Å². The van der Waals surface area contributed by atoms with Crippen LogP contribution in [-0.2, 0) is 16.8 Å². The number of hydrogen-bond acceptors (Lipinski definition) is 2. The van der Waals surface area contributed by atoms with E-state index >= 15 is 0 Å². The highest BCUT2D eigenvalue weighted by Crippen LogP contribution is 2.48. The number of amides is 1. The molecule has 1 atom stereocenters. The lowest BCUT2D eigenvalue weighted by molar-refractivity contribution is -0.124. The fourth-order valence-electron chi connectivity index (χ4n) is 3.24. The van der Waals surface area contributed by atoms with Gasteiger partial charge in [0.1, 0.15) is 0 Å². The van der Waals surface area contributed by atoms with Crippen molar-refractivity contribution in [1.82, 2.24) is 15.1 Å². The molecule has 1 N–H and O–H groups in total. The monoisotopic (exact) mass is 311 g/mol. The van der Waals surface area contributed by atoms with Crippen LogP contribution in [0.15, 0.2) is 30.3 Å². The molecule has 1 fully saturated rings. The second kappa shape index (κ2) is 5.84. The van der Waals surface area contributed by atoms with Gasteiger partial charge in [0, 0.05) is 11.7 Å². The molecule has 1 amide bonds. The Balaban J connectivity index is 1.68. The number of rotatable bonds is 5. The molecule has 1 aliphatic carbocycles. The summed E-state index contributed by atoms with van der Waals surface area (Å²) in [7, 11) is 0. The third-order valence-corrected chi connectivity index (χ3v) is 4.68. The van der Waals surface area contributed by atoms with E-state index in [4.69, 9.17) is 0 Å². The smallest absolute Gasteiger partial charge is 0.230 e. The number of aromatic nitrogens is 2. The normalized spacial score (nSPS) is 16.9. The third kappa shape index (κ3) is 3.16. The summed E-state index contributed by atoms with van der Waals surface area (Å²) in [4.78, 5) is 12.8. The average molecular weight is 311 g/mol. The first-order valence-corrected chi connectivity index (χ1v) is 8.30. The molecule has 1 saturated carbocycles. The van der Waals surface area contributed by atoms with Gasteiger partial charge < -0.3 is 5.32 Å². The summed E-state index contributed by atoms with van der Waals surface area (Å²) in [6.07, 6.45) is 1.88. The predicted molar refractivity (Wildman–Crippen MR) is 91.4 cm³/mol. The van der Waals surface area contributed by atoms with Gasteiger partial charge in [-0.1, -0.05) is 29.8 Å². The van der Waals surface area contributed by atoms with E-state index in [2.05, 4.69) is 41.6 Å². The van der Waals surface area contributed by atoms with Crippen molar-refractivity contribution >= 4 is 5.91 Å². The van der Waals surface area contributed by atoms with Gasteiger partial charge in [0.05, 0.1) is 17.7 Å². The first kappa shape index (κ1) is 15.8. The van der Waals surface area contributed by atoms with E-state index in [1.807, 2.05) is 31.5 Å². The van der Waals surface area contributed by atoms with Crippen LogP contribution in [0.5, 0.6) is 0 Å². The van der Waals surface area contributed by atoms with Crippen molar-refractivity contribution in [3.8, 4) is 0 Å². The van der Waals surface area contributed by atoms with Gasteiger partial charge in [-0.15, -0.1) is 0 Å². The first-order chi connectivity index (χ1) is 10.9. The van der Waals surface area contributed by atoms with Gasteiger partial charge in [0.25, 0.3) is 0 Å². The zero-order valence-electron chi connectivity index (χ0n) is 14.4. The van der Waals surface area contributed by atoms with Crippen LogP contribution in [0.4, 0.5) is 0 Å². The lowest BCUT2D eigenvalue weighted by Gasteiger charge is -2.21. The molecular weight excluding hydrogens is 286 g/mol. The highest BCUT2D eigenvalue weighted by Gasteiger charge is 2.51. The molecule has 1 unspecified atom stereocenters. The minimum absolute atomic E-state index is 0.0581. The van der Waals surface area contributed by atoms with Crippen LogP contribution in [0.25, 0.3) is 0 Å². The maximum atomic E-state index is 12.8.